The lowest BCUT2D eigenvalue weighted by molar-refractivity contribution is -0.176. The molecule has 1 aromatic carbocycles. The van der Waals surface area contributed by atoms with Crippen LogP contribution in [0.1, 0.15) is 77.1 Å². The number of fused-ring (bicyclic) bond motifs is 1. The molecule has 37 heavy (non-hydrogen) atoms. The van der Waals surface area contributed by atoms with E-state index in [9.17, 15) is 24.0 Å². The number of benzene rings is 1. The van der Waals surface area contributed by atoms with Gasteiger partial charge in [-0.25, -0.2) is 5.01 Å². The van der Waals surface area contributed by atoms with Crippen molar-refractivity contribution in [2.24, 2.45) is 5.92 Å². The second-order valence-electron chi connectivity index (χ2n) is 10.9. The van der Waals surface area contributed by atoms with Gasteiger partial charge in [-0.3, -0.25) is 29.0 Å². The Kier molecular flexibility index (Phi) is 8.94. The molecule has 2 aliphatic rings. The summed E-state index contributed by atoms with van der Waals surface area (Å²) in [7, 11) is 0. The molecule has 4 amide bonds. The van der Waals surface area contributed by atoms with Gasteiger partial charge in [-0.1, -0.05) is 32.0 Å². The third-order valence-electron chi connectivity index (χ3n) is 6.44. The molecule has 0 aromatic heterocycles. The molecule has 2 aliphatic heterocycles. The molecular weight excluding hydrogens is 476 g/mol. The van der Waals surface area contributed by atoms with Crippen LogP contribution in [0.2, 0.25) is 0 Å². The van der Waals surface area contributed by atoms with E-state index in [0.717, 1.165) is 0 Å². The minimum Gasteiger partial charge on any atom is -0.460 e. The third-order valence-corrected chi connectivity index (χ3v) is 6.44. The number of ether oxygens (including phenoxy) is 1. The molecule has 2 fully saturated rings. The molecule has 2 N–H and O–H groups in total. The van der Waals surface area contributed by atoms with Gasteiger partial charge in [-0.05, 0) is 58.1 Å². The number of nitrogens with one attached hydrogen (secondary N) is 2. The summed E-state index contributed by atoms with van der Waals surface area (Å²) in [5.74, 6) is -2.13. The topological polar surface area (TPSA) is 125 Å². The first-order valence-electron chi connectivity index (χ1n) is 12.9. The van der Waals surface area contributed by atoms with E-state index >= 15 is 0 Å². The highest BCUT2D eigenvalue weighted by molar-refractivity contribution is 5.99. The number of hydrazine groups is 1. The fourth-order valence-electron chi connectivity index (χ4n) is 4.53. The molecule has 3 atom stereocenters. The van der Waals surface area contributed by atoms with Gasteiger partial charge in [0.05, 0.1) is 6.42 Å². The summed E-state index contributed by atoms with van der Waals surface area (Å²) in [5, 5.41) is 8.21. The molecule has 202 valence electrons. The summed E-state index contributed by atoms with van der Waals surface area (Å²) < 4.78 is 5.42. The van der Waals surface area contributed by atoms with Gasteiger partial charge in [-0.15, -0.1) is 0 Å². The number of esters is 1. The Morgan fingerprint density at radius 3 is 2.38 bits per heavy atom. The van der Waals surface area contributed by atoms with Crippen LogP contribution in [-0.2, 0) is 23.9 Å². The van der Waals surface area contributed by atoms with Gasteiger partial charge in [0.1, 0.15) is 17.7 Å². The molecule has 1 aromatic rings. The number of hydrogen-bond donors (Lipinski definition) is 2. The lowest BCUT2D eigenvalue weighted by atomic mass is 9.99. The normalized spacial score (nSPS) is 21.1. The maximum atomic E-state index is 13.6. The summed E-state index contributed by atoms with van der Waals surface area (Å²) in [5.41, 5.74) is -0.248. The predicted octanol–water partition coefficient (Wildman–Crippen LogP) is 2.19. The minimum absolute atomic E-state index is 0.0141. The zero-order valence-corrected chi connectivity index (χ0v) is 22.3. The van der Waals surface area contributed by atoms with Crippen molar-refractivity contribution in [3.8, 4) is 0 Å². The Morgan fingerprint density at radius 2 is 1.76 bits per heavy atom. The highest BCUT2D eigenvalue weighted by Gasteiger charge is 2.45. The van der Waals surface area contributed by atoms with E-state index in [1.54, 1.807) is 51.1 Å². The van der Waals surface area contributed by atoms with E-state index in [4.69, 9.17) is 4.74 Å². The fraction of sp³-hybridized carbons (Fsp3) is 0.593. The van der Waals surface area contributed by atoms with Gasteiger partial charge in [-0.2, -0.15) is 0 Å². The number of carbonyl (C=O) groups excluding carboxylic acids is 5. The van der Waals surface area contributed by atoms with Crippen LogP contribution in [0.4, 0.5) is 0 Å². The average Bonchev–Trinajstić information content (AvgIpc) is 2.95. The fourth-order valence-corrected chi connectivity index (χ4v) is 4.53. The summed E-state index contributed by atoms with van der Waals surface area (Å²) in [6, 6.07) is 6.13. The molecule has 10 nitrogen and oxygen atoms in total. The van der Waals surface area contributed by atoms with Crippen LogP contribution in [-0.4, -0.2) is 69.9 Å². The van der Waals surface area contributed by atoms with Crippen molar-refractivity contribution < 1.29 is 28.7 Å². The zero-order valence-electron chi connectivity index (χ0n) is 22.3. The van der Waals surface area contributed by atoms with Crippen molar-refractivity contribution in [1.29, 1.82) is 0 Å². The van der Waals surface area contributed by atoms with E-state index < -0.39 is 47.4 Å². The van der Waals surface area contributed by atoms with E-state index in [-0.39, 0.29) is 31.1 Å². The highest BCUT2D eigenvalue weighted by Crippen LogP contribution is 2.26. The molecular formula is C27H38N4O6. The Morgan fingerprint density at radius 1 is 1.08 bits per heavy atom. The monoisotopic (exact) mass is 514 g/mol. The van der Waals surface area contributed by atoms with E-state index in [1.807, 2.05) is 13.8 Å². The second-order valence-corrected chi connectivity index (χ2v) is 10.9. The van der Waals surface area contributed by atoms with Gasteiger partial charge in [0.2, 0.25) is 11.8 Å². The molecule has 10 heteroatoms. The van der Waals surface area contributed by atoms with Crippen LogP contribution in [0.15, 0.2) is 30.3 Å². The number of rotatable bonds is 7. The molecule has 0 bridgehead atoms. The average molecular weight is 515 g/mol. The standard InChI is InChI=1S/C27H38N4O6/c1-17(2)20(16-23(33)37-27(3,4)5)29-25(35)21-12-9-15-30-22(32)14-13-19(26(36)31(21)30)28-24(34)18-10-7-6-8-11-18/h6-8,10-11,17,19-21H,9,12-16H2,1-5H3,(H,28,34)(H,29,35)/t19-,20-,21-/m0/s1. The van der Waals surface area contributed by atoms with Crippen LogP contribution in [0, 0.1) is 5.92 Å². The molecule has 2 saturated heterocycles. The quantitative estimate of drug-likeness (QED) is 0.538. The highest BCUT2D eigenvalue weighted by atomic mass is 16.6. The third kappa shape index (κ3) is 7.30. The number of amides is 4. The summed E-state index contributed by atoms with van der Waals surface area (Å²) in [4.78, 5) is 65.2. The van der Waals surface area contributed by atoms with Crippen molar-refractivity contribution >= 4 is 29.6 Å². The van der Waals surface area contributed by atoms with E-state index in [0.29, 0.717) is 24.9 Å². The Bertz CT molecular complexity index is 1020. The van der Waals surface area contributed by atoms with Crippen molar-refractivity contribution in [1.82, 2.24) is 20.7 Å². The maximum Gasteiger partial charge on any atom is 0.308 e. The van der Waals surface area contributed by atoms with Crippen molar-refractivity contribution in [3.05, 3.63) is 35.9 Å². The van der Waals surface area contributed by atoms with Crippen molar-refractivity contribution in [2.75, 3.05) is 6.54 Å². The lowest BCUT2D eigenvalue weighted by Crippen LogP contribution is -2.64. The van der Waals surface area contributed by atoms with Crippen molar-refractivity contribution in [3.63, 3.8) is 0 Å². The summed E-state index contributed by atoms with van der Waals surface area (Å²) in [6.45, 7) is 9.42. The van der Waals surface area contributed by atoms with E-state index in [1.165, 1.54) is 10.0 Å². The van der Waals surface area contributed by atoms with Gasteiger partial charge in [0, 0.05) is 24.6 Å². The Labute approximate surface area is 218 Å². The molecule has 2 heterocycles. The first-order valence-corrected chi connectivity index (χ1v) is 12.9. The molecule has 0 radical (unpaired) electrons. The molecule has 0 unspecified atom stereocenters. The Balaban J connectivity index is 1.78. The molecule has 0 spiro atoms. The molecule has 0 saturated carbocycles. The zero-order chi connectivity index (χ0) is 27.3. The largest absolute Gasteiger partial charge is 0.460 e. The predicted molar refractivity (Wildman–Crippen MR) is 136 cm³/mol. The summed E-state index contributed by atoms with van der Waals surface area (Å²) >= 11 is 0. The van der Waals surface area contributed by atoms with Crippen LogP contribution in [0.5, 0.6) is 0 Å². The Hall–Kier alpha value is -3.43. The molecule has 3 rings (SSSR count). The first-order chi connectivity index (χ1) is 17.4. The van der Waals surface area contributed by atoms with Gasteiger partial charge in [0.25, 0.3) is 11.8 Å². The SMILES string of the molecule is CC(C)[C@H](CC(=O)OC(C)(C)C)NC(=O)[C@@H]1CCCN2C(=O)CC[C@H](NC(=O)c3ccccc3)C(=O)N12. The maximum absolute atomic E-state index is 13.6. The van der Waals surface area contributed by atoms with Gasteiger partial charge < -0.3 is 15.4 Å². The van der Waals surface area contributed by atoms with Crippen LogP contribution in [0.25, 0.3) is 0 Å². The first kappa shape index (κ1) is 28.1. The van der Waals surface area contributed by atoms with Crippen molar-refractivity contribution in [2.45, 2.75) is 90.4 Å². The molecule has 0 aliphatic carbocycles. The number of carbonyl (C=O) groups is 5. The lowest BCUT2D eigenvalue weighted by Gasteiger charge is -2.43. The number of hydrogen-bond acceptors (Lipinski definition) is 6. The van der Waals surface area contributed by atoms with E-state index in [2.05, 4.69) is 10.6 Å². The van der Waals surface area contributed by atoms with Crippen LogP contribution >= 0.6 is 0 Å². The second kappa shape index (κ2) is 11.7. The van der Waals surface area contributed by atoms with Crippen LogP contribution < -0.4 is 10.6 Å². The minimum atomic E-state index is -0.947. The number of nitrogens with zero attached hydrogens (tertiary/aromatic N) is 2. The smallest absolute Gasteiger partial charge is 0.308 e. The summed E-state index contributed by atoms with van der Waals surface area (Å²) in [6.07, 6.45) is 1.11. The van der Waals surface area contributed by atoms with Gasteiger partial charge >= 0.3 is 5.97 Å². The van der Waals surface area contributed by atoms with Crippen LogP contribution in [0.3, 0.4) is 0 Å². The van der Waals surface area contributed by atoms with Gasteiger partial charge in [0.15, 0.2) is 0 Å².